The van der Waals surface area contributed by atoms with Crippen LogP contribution in [-0.4, -0.2) is 40.7 Å². The largest absolute Gasteiger partial charge is 0.383 e. The van der Waals surface area contributed by atoms with Crippen LogP contribution in [0.25, 0.3) is 10.2 Å². The number of anilines is 1. The number of thiophene rings is 1. The Hall–Kier alpha value is -2.49. The number of aromatic nitrogens is 2. The number of nitrogens with one attached hydrogen (secondary N) is 1. The molecule has 1 N–H and O–H groups in total. The second-order valence-corrected chi connectivity index (χ2v) is 8.92. The number of Topliss-reactive ketones (excluding diaryl/α,β-unsaturated/α-hetero) is 1. The summed E-state index contributed by atoms with van der Waals surface area (Å²) in [4.78, 5) is 43.2. The van der Waals surface area contributed by atoms with Crippen LogP contribution in [0.3, 0.4) is 0 Å². The van der Waals surface area contributed by atoms with Crippen LogP contribution < -0.4 is 10.9 Å². The molecule has 0 aliphatic rings. The Kier molecular flexibility index (Phi) is 7.06. The molecule has 3 aromatic rings. The van der Waals surface area contributed by atoms with E-state index in [-0.39, 0.29) is 23.0 Å². The van der Waals surface area contributed by atoms with Gasteiger partial charge in [-0.15, -0.1) is 11.3 Å². The lowest BCUT2D eigenvalue weighted by Crippen LogP contribution is -2.26. The first kappa shape index (κ1) is 22.2. The highest BCUT2D eigenvalue weighted by molar-refractivity contribution is 7.99. The summed E-state index contributed by atoms with van der Waals surface area (Å²) in [5, 5.41) is 3.92. The SMILES string of the molecule is COCCn1c(SCC(=O)Nc2ccc(C(C)=O)cc2)nc2sc(C)c(C)c2c1=O. The number of amides is 1. The van der Waals surface area contributed by atoms with Gasteiger partial charge < -0.3 is 10.1 Å². The molecular weight excluding hydrogens is 422 g/mol. The molecule has 0 radical (unpaired) electrons. The summed E-state index contributed by atoms with van der Waals surface area (Å²) in [5.41, 5.74) is 2.03. The first-order chi connectivity index (χ1) is 14.3. The van der Waals surface area contributed by atoms with Crippen LogP contribution in [0.1, 0.15) is 27.7 Å². The van der Waals surface area contributed by atoms with Crippen molar-refractivity contribution in [3.63, 3.8) is 0 Å². The predicted molar refractivity (Wildman–Crippen MR) is 121 cm³/mol. The van der Waals surface area contributed by atoms with Gasteiger partial charge in [0.1, 0.15) is 4.83 Å². The fourth-order valence-corrected chi connectivity index (χ4v) is 4.81. The minimum atomic E-state index is -0.221. The molecule has 0 saturated heterocycles. The smallest absolute Gasteiger partial charge is 0.263 e. The van der Waals surface area contributed by atoms with Crippen LogP contribution in [0.5, 0.6) is 0 Å². The van der Waals surface area contributed by atoms with Gasteiger partial charge in [-0.25, -0.2) is 4.98 Å². The fraction of sp³-hybridized carbons (Fsp3) is 0.333. The van der Waals surface area contributed by atoms with E-state index >= 15 is 0 Å². The van der Waals surface area contributed by atoms with Gasteiger partial charge in [-0.3, -0.25) is 19.0 Å². The van der Waals surface area contributed by atoms with E-state index in [1.807, 2.05) is 13.8 Å². The highest BCUT2D eigenvalue weighted by atomic mass is 32.2. The van der Waals surface area contributed by atoms with Gasteiger partial charge >= 0.3 is 0 Å². The fourth-order valence-electron chi connectivity index (χ4n) is 2.91. The average Bonchev–Trinajstić information content (AvgIpc) is 3.00. The Balaban J connectivity index is 1.79. The van der Waals surface area contributed by atoms with Gasteiger partial charge in [-0.2, -0.15) is 0 Å². The summed E-state index contributed by atoms with van der Waals surface area (Å²) in [6.45, 7) is 6.13. The van der Waals surface area contributed by atoms with Gasteiger partial charge in [0.2, 0.25) is 5.91 Å². The lowest BCUT2D eigenvalue weighted by molar-refractivity contribution is -0.113. The van der Waals surface area contributed by atoms with E-state index < -0.39 is 0 Å². The number of carbonyl (C=O) groups excluding carboxylic acids is 2. The number of carbonyl (C=O) groups is 2. The van der Waals surface area contributed by atoms with Crippen molar-refractivity contribution >= 4 is 50.7 Å². The summed E-state index contributed by atoms with van der Waals surface area (Å²) < 4.78 is 6.71. The van der Waals surface area contributed by atoms with Gasteiger partial charge in [0, 0.05) is 23.2 Å². The van der Waals surface area contributed by atoms with Crippen LogP contribution in [-0.2, 0) is 16.1 Å². The number of aryl methyl sites for hydroxylation is 2. The highest BCUT2D eigenvalue weighted by Gasteiger charge is 2.17. The minimum absolute atomic E-state index is 0.0296. The van der Waals surface area contributed by atoms with Crippen LogP contribution in [0, 0.1) is 13.8 Å². The number of ether oxygens (including phenoxy) is 1. The van der Waals surface area contributed by atoms with Crippen molar-refractivity contribution in [1.29, 1.82) is 0 Å². The zero-order valence-electron chi connectivity index (χ0n) is 17.3. The zero-order valence-corrected chi connectivity index (χ0v) is 18.9. The molecule has 30 heavy (non-hydrogen) atoms. The summed E-state index contributed by atoms with van der Waals surface area (Å²) in [6, 6.07) is 6.72. The number of hydrogen-bond donors (Lipinski definition) is 1. The summed E-state index contributed by atoms with van der Waals surface area (Å²) >= 11 is 2.70. The van der Waals surface area contributed by atoms with Crippen LogP contribution >= 0.6 is 23.1 Å². The number of nitrogens with zero attached hydrogens (tertiary/aromatic N) is 2. The maximum Gasteiger partial charge on any atom is 0.263 e. The molecule has 2 aromatic heterocycles. The van der Waals surface area contributed by atoms with Crippen molar-refractivity contribution in [3.8, 4) is 0 Å². The molecule has 0 unspecified atom stereocenters. The Labute approximate surface area is 182 Å². The molecule has 9 heteroatoms. The van der Waals surface area contributed by atoms with Gasteiger partial charge in [-0.1, -0.05) is 11.8 Å². The van der Waals surface area contributed by atoms with Crippen LogP contribution in [0.4, 0.5) is 5.69 Å². The molecule has 0 aliphatic carbocycles. The number of thioether (sulfide) groups is 1. The number of rotatable bonds is 8. The number of hydrogen-bond acceptors (Lipinski definition) is 7. The third kappa shape index (κ3) is 4.80. The van der Waals surface area contributed by atoms with Crippen LogP contribution in [0.15, 0.2) is 34.2 Å². The van der Waals surface area contributed by atoms with Gasteiger partial charge in [0.05, 0.1) is 24.3 Å². The van der Waals surface area contributed by atoms with Gasteiger partial charge in [0.25, 0.3) is 5.56 Å². The molecule has 2 heterocycles. The first-order valence-corrected chi connectivity index (χ1v) is 11.1. The van der Waals surface area contributed by atoms with Crippen molar-refractivity contribution in [2.45, 2.75) is 32.5 Å². The second kappa shape index (κ2) is 9.55. The van der Waals surface area contributed by atoms with Crippen molar-refractivity contribution in [2.24, 2.45) is 0 Å². The standard InChI is InChI=1S/C21H23N3O4S2/c1-12-14(3)30-19-18(12)20(27)24(9-10-28-4)21(23-19)29-11-17(26)22-16-7-5-15(6-8-16)13(2)25/h5-8H,9-11H2,1-4H3,(H,22,26). The van der Waals surface area contributed by atoms with Crippen LogP contribution in [0.2, 0.25) is 0 Å². The molecule has 3 rings (SSSR count). The topological polar surface area (TPSA) is 90.3 Å². The van der Waals surface area contributed by atoms with E-state index in [9.17, 15) is 14.4 Å². The Morgan fingerprint density at radius 1 is 1.23 bits per heavy atom. The molecule has 0 aliphatic heterocycles. The Morgan fingerprint density at radius 2 is 1.93 bits per heavy atom. The zero-order chi connectivity index (χ0) is 21.8. The highest BCUT2D eigenvalue weighted by Crippen LogP contribution is 2.28. The third-order valence-electron chi connectivity index (χ3n) is 4.68. The number of benzene rings is 1. The molecule has 1 amide bonds. The average molecular weight is 446 g/mol. The molecule has 0 atom stereocenters. The lowest BCUT2D eigenvalue weighted by Gasteiger charge is -2.12. The molecular formula is C21H23N3O4S2. The number of fused-ring (bicyclic) bond motifs is 1. The van der Waals surface area contributed by atoms with Crippen molar-refractivity contribution in [1.82, 2.24) is 9.55 Å². The van der Waals surface area contributed by atoms with E-state index in [1.54, 1.807) is 35.9 Å². The van der Waals surface area contributed by atoms with Crippen molar-refractivity contribution in [3.05, 3.63) is 50.6 Å². The van der Waals surface area contributed by atoms with E-state index in [2.05, 4.69) is 10.3 Å². The number of methoxy groups -OCH3 is 1. The van der Waals surface area contributed by atoms with Crippen molar-refractivity contribution in [2.75, 3.05) is 24.8 Å². The molecule has 0 bridgehead atoms. The third-order valence-corrected chi connectivity index (χ3v) is 6.76. The van der Waals surface area contributed by atoms with E-state index in [0.717, 1.165) is 10.4 Å². The molecule has 7 nitrogen and oxygen atoms in total. The van der Waals surface area contributed by atoms with E-state index in [0.29, 0.717) is 39.8 Å². The molecule has 0 spiro atoms. The molecule has 1 aromatic carbocycles. The summed E-state index contributed by atoms with van der Waals surface area (Å²) in [5.74, 6) is -0.150. The predicted octanol–water partition coefficient (Wildman–Crippen LogP) is 3.65. The first-order valence-electron chi connectivity index (χ1n) is 9.35. The lowest BCUT2D eigenvalue weighted by atomic mass is 10.1. The van der Waals surface area contributed by atoms with Gasteiger partial charge in [0.15, 0.2) is 10.9 Å². The maximum atomic E-state index is 13.0. The maximum absolute atomic E-state index is 13.0. The quantitative estimate of drug-likeness (QED) is 0.323. The monoisotopic (exact) mass is 445 g/mol. The Bertz CT molecular complexity index is 1150. The number of ketones is 1. The van der Waals surface area contributed by atoms with E-state index in [1.165, 1.54) is 30.0 Å². The second-order valence-electron chi connectivity index (χ2n) is 6.78. The molecule has 0 saturated carbocycles. The van der Waals surface area contributed by atoms with Crippen molar-refractivity contribution < 1.29 is 14.3 Å². The summed E-state index contributed by atoms with van der Waals surface area (Å²) in [7, 11) is 1.58. The minimum Gasteiger partial charge on any atom is -0.383 e. The Morgan fingerprint density at radius 3 is 2.57 bits per heavy atom. The van der Waals surface area contributed by atoms with Gasteiger partial charge in [-0.05, 0) is 50.6 Å². The molecule has 0 fully saturated rings. The molecule has 158 valence electrons. The normalized spacial score (nSPS) is 11.1. The van der Waals surface area contributed by atoms with E-state index in [4.69, 9.17) is 4.74 Å². The summed E-state index contributed by atoms with van der Waals surface area (Å²) in [6.07, 6.45) is 0.